The third-order valence-corrected chi connectivity index (χ3v) is 4.68. The molecule has 0 aliphatic rings. The number of nitrogens with zero attached hydrogens (tertiary/aromatic N) is 2. The van der Waals surface area contributed by atoms with Crippen LogP contribution in [0.4, 0.5) is 0 Å². The highest BCUT2D eigenvalue weighted by molar-refractivity contribution is 6.08. The summed E-state index contributed by atoms with van der Waals surface area (Å²) in [5.41, 5.74) is 11.1. The molecule has 0 radical (unpaired) electrons. The molecule has 1 unspecified atom stereocenters. The van der Waals surface area contributed by atoms with Gasteiger partial charge < -0.3 is 10.3 Å². The van der Waals surface area contributed by atoms with Gasteiger partial charge in [0.15, 0.2) is 0 Å². The van der Waals surface area contributed by atoms with Crippen molar-refractivity contribution in [3.8, 4) is 0 Å². The quantitative estimate of drug-likeness (QED) is 0.604. The van der Waals surface area contributed by atoms with Crippen LogP contribution >= 0.6 is 0 Å². The first kappa shape index (κ1) is 14.9. The van der Waals surface area contributed by atoms with Crippen LogP contribution in [0.3, 0.4) is 0 Å². The van der Waals surface area contributed by atoms with E-state index in [0.717, 1.165) is 18.7 Å². The molecule has 0 spiro atoms. The van der Waals surface area contributed by atoms with E-state index in [0.29, 0.717) is 0 Å². The number of benzene rings is 2. The van der Waals surface area contributed by atoms with E-state index in [1.54, 1.807) is 6.20 Å². The lowest BCUT2D eigenvalue weighted by molar-refractivity contribution is 0.697. The monoisotopic (exact) mass is 315 g/mol. The summed E-state index contributed by atoms with van der Waals surface area (Å²) in [7, 11) is 0. The standard InChI is InChI=1S/C21H21N3/c1-2-24-20-9-4-3-7-16(20)17-13-15(10-11-21(17)24)14-18(22)19-8-5-6-12-23-19/h3-13,18H,2,14,22H2,1H3. The van der Waals surface area contributed by atoms with Crippen LogP contribution in [0.5, 0.6) is 0 Å². The minimum absolute atomic E-state index is 0.0804. The Hall–Kier alpha value is -2.65. The zero-order valence-corrected chi connectivity index (χ0v) is 13.8. The average Bonchev–Trinajstić information content (AvgIpc) is 2.95. The van der Waals surface area contributed by atoms with Crippen LogP contribution in [0.2, 0.25) is 0 Å². The molecular weight excluding hydrogens is 294 g/mol. The zero-order chi connectivity index (χ0) is 16.5. The molecule has 0 fully saturated rings. The fourth-order valence-corrected chi connectivity index (χ4v) is 3.52. The van der Waals surface area contributed by atoms with Crippen molar-refractivity contribution in [3.05, 3.63) is 78.1 Å². The van der Waals surface area contributed by atoms with Crippen molar-refractivity contribution in [3.63, 3.8) is 0 Å². The summed E-state index contributed by atoms with van der Waals surface area (Å²) in [5.74, 6) is 0. The van der Waals surface area contributed by atoms with Crippen LogP contribution in [0, 0.1) is 0 Å². The number of para-hydroxylation sites is 1. The maximum Gasteiger partial charge on any atom is 0.0574 e. The van der Waals surface area contributed by atoms with Crippen LogP contribution in [0.15, 0.2) is 66.9 Å². The van der Waals surface area contributed by atoms with Crippen molar-refractivity contribution in [1.82, 2.24) is 9.55 Å². The predicted molar refractivity (Wildman–Crippen MR) is 100.0 cm³/mol. The highest BCUT2D eigenvalue weighted by atomic mass is 15.0. The van der Waals surface area contributed by atoms with Crippen LogP contribution in [-0.2, 0) is 13.0 Å². The van der Waals surface area contributed by atoms with Gasteiger partial charge in [-0.05, 0) is 49.2 Å². The molecule has 0 bridgehead atoms. The first-order valence-corrected chi connectivity index (χ1v) is 8.44. The van der Waals surface area contributed by atoms with E-state index in [2.05, 4.69) is 58.9 Å². The van der Waals surface area contributed by atoms with Gasteiger partial charge in [0.25, 0.3) is 0 Å². The maximum absolute atomic E-state index is 6.35. The van der Waals surface area contributed by atoms with E-state index >= 15 is 0 Å². The third-order valence-electron chi connectivity index (χ3n) is 4.68. The second-order valence-electron chi connectivity index (χ2n) is 6.18. The average molecular weight is 315 g/mol. The van der Waals surface area contributed by atoms with E-state index in [-0.39, 0.29) is 6.04 Å². The molecule has 0 amide bonds. The summed E-state index contributed by atoms with van der Waals surface area (Å²) in [6, 6.07) is 21.1. The minimum Gasteiger partial charge on any atom is -0.341 e. The summed E-state index contributed by atoms with van der Waals surface area (Å²) in [5, 5.41) is 2.61. The largest absolute Gasteiger partial charge is 0.341 e. The summed E-state index contributed by atoms with van der Waals surface area (Å²) in [6.07, 6.45) is 2.59. The molecule has 2 N–H and O–H groups in total. The molecule has 4 aromatic rings. The van der Waals surface area contributed by atoms with Gasteiger partial charge in [-0.25, -0.2) is 0 Å². The topological polar surface area (TPSA) is 43.8 Å². The SMILES string of the molecule is CCn1c2ccccc2c2cc(CC(N)c3ccccn3)ccc21. The zero-order valence-electron chi connectivity index (χ0n) is 13.8. The Morgan fingerprint density at radius 2 is 1.75 bits per heavy atom. The van der Waals surface area contributed by atoms with E-state index in [1.807, 2.05) is 18.2 Å². The first-order chi connectivity index (χ1) is 11.8. The third kappa shape index (κ3) is 2.47. The summed E-state index contributed by atoms with van der Waals surface area (Å²) in [4.78, 5) is 4.38. The Morgan fingerprint density at radius 3 is 2.54 bits per heavy atom. The molecule has 0 saturated carbocycles. The van der Waals surface area contributed by atoms with E-state index in [1.165, 1.54) is 27.4 Å². The van der Waals surface area contributed by atoms with Gasteiger partial charge in [0.2, 0.25) is 0 Å². The van der Waals surface area contributed by atoms with Gasteiger partial charge in [-0.2, -0.15) is 0 Å². The van der Waals surface area contributed by atoms with Crippen LogP contribution in [-0.4, -0.2) is 9.55 Å². The number of rotatable bonds is 4. The lowest BCUT2D eigenvalue weighted by Crippen LogP contribution is -2.14. The van der Waals surface area contributed by atoms with E-state index in [9.17, 15) is 0 Å². The smallest absolute Gasteiger partial charge is 0.0574 e. The van der Waals surface area contributed by atoms with Crippen molar-refractivity contribution in [2.24, 2.45) is 5.73 Å². The Kier molecular flexibility index (Phi) is 3.79. The molecular formula is C21H21N3. The van der Waals surface area contributed by atoms with Crippen molar-refractivity contribution < 1.29 is 0 Å². The van der Waals surface area contributed by atoms with Gasteiger partial charge in [0, 0.05) is 34.5 Å². The Balaban J connectivity index is 1.77. The summed E-state index contributed by atoms with van der Waals surface area (Å²) >= 11 is 0. The van der Waals surface area contributed by atoms with Crippen molar-refractivity contribution >= 4 is 21.8 Å². The molecule has 0 aliphatic carbocycles. The number of aryl methyl sites for hydroxylation is 1. The number of pyridine rings is 1. The highest BCUT2D eigenvalue weighted by Crippen LogP contribution is 2.30. The number of hydrogen-bond acceptors (Lipinski definition) is 2. The summed E-state index contributed by atoms with van der Waals surface area (Å²) < 4.78 is 2.37. The van der Waals surface area contributed by atoms with Crippen LogP contribution in [0.1, 0.15) is 24.2 Å². The van der Waals surface area contributed by atoms with Gasteiger partial charge >= 0.3 is 0 Å². The van der Waals surface area contributed by atoms with Crippen molar-refractivity contribution in [2.75, 3.05) is 0 Å². The van der Waals surface area contributed by atoms with Crippen molar-refractivity contribution in [1.29, 1.82) is 0 Å². The van der Waals surface area contributed by atoms with Crippen LogP contribution in [0.25, 0.3) is 21.8 Å². The van der Waals surface area contributed by atoms with Gasteiger partial charge in [0.1, 0.15) is 0 Å². The van der Waals surface area contributed by atoms with Gasteiger partial charge in [-0.15, -0.1) is 0 Å². The molecule has 120 valence electrons. The lowest BCUT2D eigenvalue weighted by Gasteiger charge is -2.11. The molecule has 2 heterocycles. The fraction of sp³-hybridized carbons (Fsp3) is 0.190. The Labute approximate surface area is 141 Å². The predicted octanol–water partition coefficient (Wildman–Crippen LogP) is 4.45. The maximum atomic E-state index is 6.35. The molecule has 24 heavy (non-hydrogen) atoms. The number of nitrogens with two attached hydrogens (primary N) is 1. The Morgan fingerprint density at radius 1 is 0.958 bits per heavy atom. The fourth-order valence-electron chi connectivity index (χ4n) is 3.52. The van der Waals surface area contributed by atoms with Gasteiger partial charge in [-0.3, -0.25) is 4.98 Å². The van der Waals surface area contributed by atoms with Crippen molar-refractivity contribution in [2.45, 2.75) is 25.9 Å². The number of fused-ring (bicyclic) bond motifs is 3. The molecule has 0 saturated heterocycles. The van der Waals surface area contributed by atoms with Crippen LogP contribution < -0.4 is 5.73 Å². The first-order valence-electron chi connectivity index (χ1n) is 8.44. The molecule has 1 atom stereocenters. The molecule has 4 rings (SSSR count). The van der Waals surface area contributed by atoms with E-state index < -0.39 is 0 Å². The second-order valence-corrected chi connectivity index (χ2v) is 6.18. The Bertz CT molecular complexity index is 986. The van der Waals surface area contributed by atoms with E-state index in [4.69, 9.17) is 5.73 Å². The van der Waals surface area contributed by atoms with Gasteiger partial charge in [-0.1, -0.05) is 30.3 Å². The highest BCUT2D eigenvalue weighted by Gasteiger charge is 2.12. The number of hydrogen-bond donors (Lipinski definition) is 1. The summed E-state index contributed by atoms with van der Waals surface area (Å²) in [6.45, 7) is 3.16. The number of aromatic nitrogens is 2. The normalized spacial score (nSPS) is 12.8. The van der Waals surface area contributed by atoms with Gasteiger partial charge in [0.05, 0.1) is 11.7 Å². The molecule has 2 aromatic carbocycles. The molecule has 0 aliphatic heterocycles. The molecule has 2 aromatic heterocycles. The second kappa shape index (κ2) is 6.10. The molecule has 3 nitrogen and oxygen atoms in total. The lowest BCUT2D eigenvalue weighted by atomic mass is 10.0. The minimum atomic E-state index is -0.0804. The molecule has 3 heteroatoms.